The molecule has 1 aliphatic heterocycles. The molecule has 1 amide bonds. The van der Waals surface area contributed by atoms with Crippen molar-refractivity contribution < 1.29 is 18.3 Å². The first-order valence-corrected chi connectivity index (χ1v) is 10.6. The fourth-order valence-corrected chi connectivity index (χ4v) is 4.62. The van der Waals surface area contributed by atoms with Crippen molar-refractivity contribution in [2.75, 3.05) is 20.2 Å². The van der Waals surface area contributed by atoms with Crippen LogP contribution in [0.2, 0.25) is 0 Å². The summed E-state index contributed by atoms with van der Waals surface area (Å²) in [5.74, 6) is -4.19. The number of carbonyl (C=O) groups is 1. The number of nitrogens with zero attached hydrogens (tertiary/aromatic N) is 3. The smallest absolute Gasteiger partial charge is 0.366 e. The van der Waals surface area contributed by atoms with E-state index in [9.17, 15) is 13.6 Å². The summed E-state index contributed by atoms with van der Waals surface area (Å²) in [4.78, 5) is 22.3. The molecule has 3 heterocycles. The van der Waals surface area contributed by atoms with Crippen LogP contribution >= 0.6 is 11.3 Å². The van der Waals surface area contributed by atoms with Crippen molar-refractivity contribution >= 4 is 17.2 Å². The number of benzene rings is 1. The fraction of sp³-hybridized carbons (Fsp3) is 0.318. The molecule has 0 spiro atoms. The third kappa shape index (κ3) is 3.92. The Hall–Kier alpha value is -2.87. The van der Waals surface area contributed by atoms with Gasteiger partial charge in [0, 0.05) is 36.1 Å². The summed E-state index contributed by atoms with van der Waals surface area (Å²) >= 11 is 1.48. The highest BCUT2D eigenvalue weighted by atomic mass is 32.1. The molecular weight excluding hydrogens is 408 g/mol. The van der Waals surface area contributed by atoms with Crippen molar-refractivity contribution in [2.45, 2.75) is 24.7 Å². The molecular formula is C22H21F2N3O2S. The second kappa shape index (κ2) is 8.47. The number of halogens is 2. The van der Waals surface area contributed by atoms with Gasteiger partial charge in [-0.2, -0.15) is 8.78 Å². The van der Waals surface area contributed by atoms with Gasteiger partial charge in [-0.3, -0.25) is 9.78 Å². The van der Waals surface area contributed by atoms with Crippen molar-refractivity contribution in [1.82, 2.24) is 14.9 Å². The topological polar surface area (TPSA) is 55.3 Å². The molecule has 1 aromatic carbocycles. The van der Waals surface area contributed by atoms with Gasteiger partial charge in [-0.15, -0.1) is 11.3 Å². The first-order valence-electron chi connectivity index (χ1n) is 9.68. The Morgan fingerprint density at radius 1 is 1.23 bits per heavy atom. The molecule has 4 rings (SSSR count). The van der Waals surface area contributed by atoms with Crippen molar-refractivity contribution in [1.29, 1.82) is 0 Å². The zero-order chi connectivity index (χ0) is 21.1. The van der Waals surface area contributed by atoms with Crippen LogP contribution in [0.3, 0.4) is 0 Å². The number of piperidine rings is 1. The number of likely N-dealkylation sites (tertiary alicyclic amines) is 1. The molecule has 1 atom stereocenters. The van der Waals surface area contributed by atoms with E-state index >= 15 is 0 Å². The number of hydrogen-bond acceptors (Lipinski definition) is 5. The number of para-hydroxylation sites is 1. The lowest BCUT2D eigenvalue weighted by Crippen LogP contribution is -2.46. The van der Waals surface area contributed by atoms with Crippen LogP contribution in [0.5, 0.6) is 5.75 Å². The fourth-order valence-electron chi connectivity index (χ4n) is 3.67. The molecule has 0 saturated carbocycles. The highest BCUT2D eigenvalue weighted by molar-refractivity contribution is 7.10. The van der Waals surface area contributed by atoms with Gasteiger partial charge in [-0.25, -0.2) is 4.98 Å². The van der Waals surface area contributed by atoms with Crippen LogP contribution in [0, 0.1) is 0 Å². The molecule has 3 aromatic rings. The Balaban J connectivity index is 1.52. The Kier molecular flexibility index (Phi) is 5.76. The summed E-state index contributed by atoms with van der Waals surface area (Å²) in [7, 11) is 1.61. The monoisotopic (exact) mass is 429 g/mol. The normalized spacial score (nSPS) is 17.0. The lowest BCUT2D eigenvalue weighted by Gasteiger charge is -2.33. The molecule has 156 valence electrons. The predicted octanol–water partition coefficient (Wildman–Crippen LogP) is 4.71. The summed E-state index contributed by atoms with van der Waals surface area (Å²) in [6, 6.07) is 11.8. The van der Waals surface area contributed by atoms with Gasteiger partial charge in [0.1, 0.15) is 11.4 Å². The number of pyridine rings is 1. The van der Waals surface area contributed by atoms with Crippen LogP contribution in [0.25, 0.3) is 11.3 Å². The highest BCUT2D eigenvalue weighted by Crippen LogP contribution is 2.37. The maximum atomic E-state index is 14.7. The lowest BCUT2D eigenvalue weighted by molar-refractivity contribution is -0.160. The summed E-state index contributed by atoms with van der Waals surface area (Å²) < 4.78 is 34.8. The van der Waals surface area contributed by atoms with E-state index in [1.807, 2.05) is 29.6 Å². The van der Waals surface area contributed by atoms with E-state index in [1.54, 1.807) is 13.2 Å². The number of alkyl halides is 2. The Morgan fingerprint density at radius 2 is 2.03 bits per heavy atom. The van der Waals surface area contributed by atoms with Gasteiger partial charge in [0.25, 0.3) is 5.91 Å². The van der Waals surface area contributed by atoms with Crippen molar-refractivity contribution in [3.05, 3.63) is 64.7 Å². The summed E-state index contributed by atoms with van der Waals surface area (Å²) in [6.07, 6.45) is 2.72. The van der Waals surface area contributed by atoms with Gasteiger partial charge < -0.3 is 9.64 Å². The van der Waals surface area contributed by atoms with E-state index in [1.165, 1.54) is 34.6 Å². The van der Waals surface area contributed by atoms with Crippen LogP contribution in [-0.2, 0) is 10.7 Å². The predicted molar refractivity (Wildman–Crippen MR) is 111 cm³/mol. The first-order chi connectivity index (χ1) is 14.5. The minimum Gasteiger partial charge on any atom is -0.496 e. The van der Waals surface area contributed by atoms with E-state index in [4.69, 9.17) is 9.72 Å². The second-order valence-electron chi connectivity index (χ2n) is 7.15. The van der Waals surface area contributed by atoms with Gasteiger partial charge in [0.05, 0.1) is 17.8 Å². The van der Waals surface area contributed by atoms with Gasteiger partial charge in [-0.05, 0) is 37.1 Å². The Morgan fingerprint density at radius 3 is 2.80 bits per heavy atom. The van der Waals surface area contributed by atoms with E-state index in [2.05, 4.69) is 4.98 Å². The second-order valence-corrected chi connectivity index (χ2v) is 8.04. The largest absolute Gasteiger partial charge is 0.496 e. The third-order valence-electron chi connectivity index (χ3n) is 5.22. The minimum absolute atomic E-state index is 0.0734. The van der Waals surface area contributed by atoms with Crippen LogP contribution in [0.15, 0.2) is 54.0 Å². The van der Waals surface area contributed by atoms with Crippen molar-refractivity contribution in [2.24, 2.45) is 0 Å². The van der Waals surface area contributed by atoms with Crippen LogP contribution in [0.4, 0.5) is 8.78 Å². The standard InChI is InChI=1S/C22H21F2N3O2S/c1-29-18-9-3-2-8-16(18)17-14-30-20(26-17)15-7-6-12-27(13-15)21(28)22(23,24)19-10-4-5-11-25-19/h2-5,8-11,14-15H,6-7,12-13H2,1H3/t15-/m1/s1. The molecule has 0 N–H and O–H groups in total. The summed E-state index contributed by atoms with van der Waals surface area (Å²) in [5.41, 5.74) is 1.15. The molecule has 0 bridgehead atoms. The molecule has 0 aliphatic carbocycles. The van der Waals surface area contributed by atoms with E-state index in [-0.39, 0.29) is 12.5 Å². The number of thiazole rings is 1. The van der Waals surface area contributed by atoms with Gasteiger partial charge in [0.15, 0.2) is 0 Å². The lowest BCUT2D eigenvalue weighted by atomic mass is 9.97. The molecule has 1 aliphatic rings. The molecule has 0 unspecified atom stereocenters. The maximum Gasteiger partial charge on any atom is 0.366 e. The average molecular weight is 429 g/mol. The number of hydrogen-bond donors (Lipinski definition) is 0. The van der Waals surface area contributed by atoms with E-state index in [0.29, 0.717) is 13.0 Å². The number of ether oxygens (including phenoxy) is 1. The molecule has 2 aromatic heterocycles. The number of methoxy groups -OCH3 is 1. The van der Waals surface area contributed by atoms with E-state index in [0.717, 1.165) is 28.4 Å². The first kappa shape index (κ1) is 20.4. The Labute approximate surface area is 177 Å². The quantitative estimate of drug-likeness (QED) is 0.589. The molecule has 1 fully saturated rings. The van der Waals surface area contributed by atoms with Crippen LogP contribution in [-0.4, -0.2) is 41.0 Å². The van der Waals surface area contributed by atoms with E-state index < -0.39 is 17.5 Å². The molecule has 1 saturated heterocycles. The van der Waals surface area contributed by atoms with Crippen molar-refractivity contribution in [3.63, 3.8) is 0 Å². The third-order valence-corrected chi connectivity index (χ3v) is 6.23. The Bertz CT molecular complexity index is 1030. The van der Waals surface area contributed by atoms with Crippen LogP contribution < -0.4 is 4.74 Å². The molecule has 30 heavy (non-hydrogen) atoms. The number of aromatic nitrogens is 2. The SMILES string of the molecule is COc1ccccc1-c1csc([C@@H]2CCCN(C(=O)C(F)(F)c3ccccn3)C2)n1. The van der Waals surface area contributed by atoms with Crippen LogP contribution in [0.1, 0.15) is 29.5 Å². The molecule has 8 heteroatoms. The highest BCUT2D eigenvalue weighted by Gasteiger charge is 2.46. The van der Waals surface area contributed by atoms with Gasteiger partial charge in [0.2, 0.25) is 0 Å². The summed E-state index contributed by atoms with van der Waals surface area (Å²) in [6.45, 7) is 0.530. The number of rotatable bonds is 5. The number of amides is 1. The zero-order valence-corrected chi connectivity index (χ0v) is 17.2. The minimum atomic E-state index is -3.64. The number of carbonyl (C=O) groups excluding carboxylic acids is 1. The molecule has 5 nitrogen and oxygen atoms in total. The average Bonchev–Trinajstić information content (AvgIpc) is 3.29. The van der Waals surface area contributed by atoms with Crippen molar-refractivity contribution in [3.8, 4) is 17.0 Å². The molecule has 0 radical (unpaired) electrons. The zero-order valence-electron chi connectivity index (χ0n) is 16.4. The maximum absolute atomic E-state index is 14.7. The van der Waals surface area contributed by atoms with Gasteiger partial charge in [-0.1, -0.05) is 18.2 Å². The summed E-state index contributed by atoms with van der Waals surface area (Å²) in [5, 5.41) is 2.78. The van der Waals surface area contributed by atoms with Gasteiger partial charge >= 0.3 is 5.92 Å².